The molecule has 2 N–H and O–H groups in total. The van der Waals surface area contributed by atoms with Crippen LogP contribution in [0.15, 0.2) is 53.4 Å². The highest BCUT2D eigenvalue weighted by atomic mass is 32.2. The zero-order valence-corrected chi connectivity index (χ0v) is 16.4. The third kappa shape index (κ3) is 4.80. The maximum absolute atomic E-state index is 12.6. The fourth-order valence-electron chi connectivity index (χ4n) is 2.82. The Labute approximate surface area is 164 Å². The highest BCUT2D eigenvalue weighted by molar-refractivity contribution is 7.89. The molecule has 0 aromatic heterocycles. The smallest absolute Gasteiger partial charge is 0.243 e. The maximum Gasteiger partial charge on any atom is 0.243 e. The molecule has 0 aliphatic carbocycles. The summed E-state index contributed by atoms with van der Waals surface area (Å²) in [6.07, 6.45) is 0. The fourth-order valence-corrected chi connectivity index (χ4v) is 4.23. The standard InChI is InChI=1S/C19H23N3O5S/c1-26-18-5-3-2-4-17(18)20-14-19(23)21-15-6-8-16(9-7-15)28(24,25)22-10-12-27-13-11-22/h2-9,20H,10-14H2,1H3,(H,21,23). The number of methoxy groups -OCH3 is 1. The van der Waals surface area contributed by atoms with Gasteiger partial charge in [0.1, 0.15) is 5.75 Å². The first kappa shape index (κ1) is 20.1. The van der Waals surface area contributed by atoms with E-state index in [1.807, 2.05) is 18.2 Å². The number of hydrogen-bond acceptors (Lipinski definition) is 6. The average Bonchev–Trinajstić information content (AvgIpc) is 2.73. The number of nitrogens with zero attached hydrogens (tertiary/aromatic N) is 1. The van der Waals surface area contributed by atoms with Crippen LogP contribution in [0.25, 0.3) is 0 Å². The van der Waals surface area contributed by atoms with Gasteiger partial charge in [-0.15, -0.1) is 0 Å². The average molecular weight is 405 g/mol. The molecule has 150 valence electrons. The molecule has 0 saturated carbocycles. The van der Waals surface area contributed by atoms with Gasteiger partial charge in [0, 0.05) is 18.8 Å². The number of ether oxygens (including phenoxy) is 2. The molecule has 9 heteroatoms. The van der Waals surface area contributed by atoms with E-state index in [2.05, 4.69) is 10.6 Å². The van der Waals surface area contributed by atoms with E-state index in [0.29, 0.717) is 43.4 Å². The van der Waals surface area contributed by atoms with Crippen LogP contribution in [0.2, 0.25) is 0 Å². The van der Waals surface area contributed by atoms with Crippen molar-refractivity contribution in [3.05, 3.63) is 48.5 Å². The van der Waals surface area contributed by atoms with E-state index in [9.17, 15) is 13.2 Å². The van der Waals surface area contributed by atoms with Gasteiger partial charge in [0.25, 0.3) is 0 Å². The first-order valence-corrected chi connectivity index (χ1v) is 10.3. The summed E-state index contributed by atoms with van der Waals surface area (Å²) in [7, 11) is -1.98. The van der Waals surface area contributed by atoms with Crippen LogP contribution in [-0.2, 0) is 19.6 Å². The van der Waals surface area contributed by atoms with Gasteiger partial charge < -0.3 is 20.1 Å². The van der Waals surface area contributed by atoms with E-state index < -0.39 is 10.0 Å². The van der Waals surface area contributed by atoms with E-state index in [1.54, 1.807) is 25.3 Å². The van der Waals surface area contributed by atoms with Crippen molar-refractivity contribution in [3.8, 4) is 5.75 Å². The summed E-state index contributed by atoms with van der Waals surface area (Å²) < 4.78 is 37.0. The number of benzene rings is 2. The molecule has 8 nitrogen and oxygen atoms in total. The minimum atomic E-state index is -3.55. The lowest BCUT2D eigenvalue weighted by Crippen LogP contribution is -2.40. The summed E-state index contributed by atoms with van der Waals surface area (Å²) in [6.45, 7) is 1.53. The maximum atomic E-state index is 12.6. The minimum Gasteiger partial charge on any atom is -0.495 e. The largest absolute Gasteiger partial charge is 0.495 e. The van der Waals surface area contributed by atoms with Crippen LogP contribution in [-0.4, -0.2) is 58.6 Å². The number of amides is 1. The molecule has 1 heterocycles. The second-order valence-electron chi connectivity index (χ2n) is 6.14. The molecule has 1 aliphatic heterocycles. The van der Waals surface area contributed by atoms with Crippen LogP contribution < -0.4 is 15.4 Å². The van der Waals surface area contributed by atoms with Crippen molar-refractivity contribution in [1.29, 1.82) is 0 Å². The predicted octanol–water partition coefficient (Wildman–Crippen LogP) is 1.77. The Balaban J connectivity index is 1.58. The Hall–Kier alpha value is -2.62. The Kier molecular flexibility index (Phi) is 6.50. The molecule has 1 saturated heterocycles. The molecule has 0 radical (unpaired) electrons. The van der Waals surface area contributed by atoms with Crippen molar-refractivity contribution in [2.24, 2.45) is 0 Å². The second-order valence-corrected chi connectivity index (χ2v) is 8.08. The topological polar surface area (TPSA) is 97.0 Å². The Morgan fingerprint density at radius 2 is 1.79 bits per heavy atom. The molecular weight excluding hydrogens is 382 g/mol. The quantitative estimate of drug-likeness (QED) is 0.729. The first-order chi connectivity index (χ1) is 13.5. The van der Waals surface area contributed by atoms with Gasteiger partial charge in [-0.2, -0.15) is 4.31 Å². The lowest BCUT2D eigenvalue weighted by atomic mass is 10.3. The molecule has 0 unspecified atom stereocenters. The van der Waals surface area contributed by atoms with E-state index in [-0.39, 0.29) is 17.3 Å². The van der Waals surface area contributed by atoms with Crippen molar-refractivity contribution < 1.29 is 22.7 Å². The summed E-state index contributed by atoms with van der Waals surface area (Å²) in [5, 5.41) is 5.75. The van der Waals surface area contributed by atoms with Crippen LogP contribution >= 0.6 is 0 Å². The van der Waals surface area contributed by atoms with Gasteiger partial charge in [0.15, 0.2) is 0 Å². The van der Waals surface area contributed by atoms with Crippen LogP contribution in [0.1, 0.15) is 0 Å². The highest BCUT2D eigenvalue weighted by Crippen LogP contribution is 2.23. The number of carbonyl (C=O) groups is 1. The molecule has 2 aromatic rings. The summed E-state index contributed by atoms with van der Waals surface area (Å²) in [6, 6.07) is 13.4. The van der Waals surface area contributed by atoms with Gasteiger partial charge in [-0.1, -0.05) is 12.1 Å². The van der Waals surface area contributed by atoms with Crippen molar-refractivity contribution in [3.63, 3.8) is 0 Å². The third-order valence-corrected chi connectivity index (χ3v) is 6.21. The van der Waals surface area contributed by atoms with Crippen LogP contribution in [0, 0.1) is 0 Å². The molecule has 0 spiro atoms. The van der Waals surface area contributed by atoms with E-state index in [4.69, 9.17) is 9.47 Å². The normalized spacial score (nSPS) is 15.0. The molecule has 1 amide bonds. The van der Waals surface area contributed by atoms with Crippen molar-refractivity contribution in [2.75, 3.05) is 50.6 Å². The molecule has 1 fully saturated rings. The SMILES string of the molecule is COc1ccccc1NCC(=O)Nc1ccc(S(=O)(=O)N2CCOCC2)cc1. The summed E-state index contributed by atoms with van der Waals surface area (Å²) in [5.74, 6) is 0.391. The number of sulfonamides is 1. The number of anilines is 2. The number of morpholine rings is 1. The summed E-state index contributed by atoms with van der Waals surface area (Å²) >= 11 is 0. The van der Waals surface area contributed by atoms with Crippen LogP contribution in [0.4, 0.5) is 11.4 Å². The summed E-state index contributed by atoms with van der Waals surface area (Å²) in [5.41, 5.74) is 1.24. The Morgan fingerprint density at radius 1 is 1.11 bits per heavy atom. The van der Waals surface area contributed by atoms with Crippen molar-refractivity contribution in [2.45, 2.75) is 4.90 Å². The third-order valence-electron chi connectivity index (χ3n) is 4.29. The molecule has 1 aliphatic rings. The number of nitrogens with one attached hydrogen (secondary N) is 2. The highest BCUT2D eigenvalue weighted by Gasteiger charge is 2.26. The molecular formula is C19H23N3O5S. The minimum absolute atomic E-state index is 0.0498. The monoisotopic (exact) mass is 405 g/mol. The van der Waals surface area contributed by atoms with Crippen LogP contribution in [0.5, 0.6) is 5.75 Å². The van der Waals surface area contributed by atoms with Crippen LogP contribution in [0.3, 0.4) is 0 Å². The number of hydrogen-bond donors (Lipinski definition) is 2. The molecule has 2 aromatic carbocycles. The van der Waals surface area contributed by atoms with E-state index in [1.165, 1.54) is 16.4 Å². The zero-order valence-electron chi connectivity index (χ0n) is 15.6. The number of para-hydroxylation sites is 2. The molecule has 0 bridgehead atoms. The first-order valence-electron chi connectivity index (χ1n) is 8.85. The van der Waals surface area contributed by atoms with Gasteiger partial charge >= 0.3 is 0 Å². The zero-order chi connectivity index (χ0) is 20.0. The predicted molar refractivity (Wildman–Crippen MR) is 106 cm³/mol. The van der Waals surface area contributed by atoms with Gasteiger partial charge in [0.05, 0.1) is 37.5 Å². The lowest BCUT2D eigenvalue weighted by Gasteiger charge is -2.26. The molecule has 3 rings (SSSR count). The number of carbonyl (C=O) groups excluding carboxylic acids is 1. The van der Waals surface area contributed by atoms with Gasteiger partial charge in [-0.05, 0) is 36.4 Å². The van der Waals surface area contributed by atoms with Gasteiger partial charge in [0.2, 0.25) is 15.9 Å². The van der Waals surface area contributed by atoms with Gasteiger partial charge in [-0.3, -0.25) is 4.79 Å². The molecule has 28 heavy (non-hydrogen) atoms. The fraction of sp³-hybridized carbons (Fsp3) is 0.316. The van der Waals surface area contributed by atoms with E-state index in [0.717, 1.165) is 0 Å². The van der Waals surface area contributed by atoms with E-state index >= 15 is 0 Å². The second kappa shape index (κ2) is 9.05. The summed E-state index contributed by atoms with van der Waals surface area (Å²) in [4.78, 5) is 12.4. The lowest BCUT2D eigenvalue weighted by molar-refractivity contribution is -0.114. The number of rotatable bonds is 7. The van der Waals surface area contributed by atoms with Gasteiger partial charge in [-0.25, -0.2) is 8.42 Å². The Morgan fingerprint density at radius 3 is 2.46 bits per heavy atom. The van der Waals surface area contributed by atoms with Crippen molar-refractivity contribution in [1.82, 2.24) is 4.31 Å². The molecule has 0 atom stereocenters. The Bertz CT molecular complexity index is 909. The van der Waals surface area contributed by atoms with Crippen molar-refractivity contribution >= 4 is 27.3 Å².